The average molecular weight is 362 g/mol. The van der Waals surface area contributed by atoms with Crippen molar-refractivity contribution in [3.05, 3.63) is 46.2 Å². The number of hydrogen-bond donors (Lipinski definition) is 4. The van der Waals surface area contributed by atoms with E-state index in [9.17, 15) is 9.59 Å². The second-order valence-electron chi connectivity index (χ2n) is 6.04. The number of aromatic amines is 1. The molecule has 2 aromatic rings. The zero-order valence-electron chi connectivity index (χ0n) is 13.9. The first-order valence-electron chi connectivity index (χ1n) is 8.17. The fourth-order valence-corrected chi connectivity index (χ4v) is 3.19. The van der Waals surface area contributed by atoms with Gasteiger partial charge in [-0.3, -0.25) is 14.7 Å². The summed E-state index contributed by atoms with van der Waals surface area (Å²) in [6, 6.07) is 5.36. The Morgan fingerprint density at radius 3 is 2.72 bits per heavy atom. The smallest absolute Gasteiger partial charge is 0.271 e. The number of anilines is 1. The van der Waals surface area contributed by atoms with Crippen LogP contribution in [0.2, 0.25) is 5.02 Å². The van der Waals surface area contributed by atoms with Crippen LogP contribution >= 0.6 is 11.6 Å². The fourth-order valence-electron chi connectivity index (χ4n) is 2.88. The second kappa shape index (κ2) is 7.67. The van der Waals surface area contributed by atoms with Crippen molar-refractivity contribution < 1.29 is 9.59 Å². The number of piperidine rings is 1. The van der Waals surface area contributed by atoms with Crippen LogP contribution in [0.4, 0.5) is 5.69 Å². The Labute approximate surface area is 150 Å². The highest BCUT2D eigenvalue weighted by atomic mass is 35.5. The van der Waals surface area contributed by atoms with Crippen molar-refractivity contribution in [2.45, 2.75) is 25.8 Å². The van der Waals surface area contributed by atoms with Crippen LogP contribution in [0.15, 0.2) is 24.4 Å². The van der Waals surface area contributed by atoms with Crippen molar-refractivity contribution in [1.29, 1.82) is 0 Å². The molecule has 2 heterocycles. The Kier molecular flexibility index (Phi) is 5.35. The molecule has 0 radical (unpaired) electrons. The van der Waals surface area contributed by atoms with E-state index in [-0.39, 0.29) is 23.6 Å². The highest BCUT2D eigenvalue weighted by molar-refractivity contribution is 6.34. The quantitative estimate of drug-likeness (QED) is 0.670. The van der Waals surface area contributed by atoms with Crippen molar-refractivity contribution >= 4 is 29.1 Å². The Morgan fingerprint density at radius 2 is 2.00 bits per heavy atom. The molecular weight excluding hydrogens is 342 g/mol. The molecule has 8 heteroatoms. The van der Waals surface area contributed by atoms with Crippen LogP contribution in [-0.4, -0.2) is 41.1 Å². The molecule has 1 aromatic heterocycles. The molecule has 0 unspecified atom stereocenters. The molecule has 0 bridgehead atoms. The summed E-state index contributed by atoms with van der Waals surface area (Å²) in [6.45, 7) is 3.56. The molecule has 25 heavy (non-hydrogen) atoms. The molecule has 1 fully saturated rings. The van der Waals surface area contributed by atoms with Crippen LogP contribution in [0, 0.1) is 6.92 Å². The van der Waals surface area contributed by atoms with E-state index in [0.717, 1.165) is 31.5 Å². The number of H-pyrrole nitrogens is 1. The summed E-state index contributed by atoms with van der Waals surface area (Å²) < 4.78 is 0. The van der Waals surface area contributed by atoms with E-state index in [1.54, 1.807) is 25.1 Å². The lowest BCUT2D eigenvalue weighted by Crippen LogP contribution is -2.43. The van der Waals surface area contributed by atoms with E-state index in [2.05, 4.69) is 26.1 Å². The van der Waals surface area contributed by atoms with Crippen LogP contribution in [0.1, 0.15) is 39.3 Å². The lowest BCUT2D eigenvalue weighted by molar-refractivity contribution is 0.0925. The molecular formula is C17H20ClN5O2. The first-order valence-corrected chi connectivity index (χ1v) is 8.55. The first-order chi connectivity index (χ1) is 12.1. The van der Waals surface area contributed by atoms with Gasteiger partial charge in [-0.25, -0.2) is 0 Å². The Balaban J connectivity index is 1.73. The highest BCUT2D eigenvalue weighted by Crippen LogP contribution is 2.22. The summed E-state index contributed by atoms with van der Waals surface area (Å²) in [7, 11) is 0. The van der Waals surface area contributed by atoms with Crippen LogP contribution < -0.4 is 16.0 Å². The summed E-state index contributed by atoms with van der Waals surface area (Å²) >= 11 is 6.13. The van der Waals surface area contributed by atoms with Gasteiger partial charge in [0.05, 0.1) is 22.5 Å². The molecule has 1 saturated heterocycles. The number of nitrogens with zero attached hydrogens (tertiary/aromatic N) is 1. The highest BCUT2D eigenvalue weighted by Gasteiger charge is 2.22. The topological polar surface area (TPSA) is 98.9 Å². The van der Waals surface area contributed by atoms with Crippen molar-refractivity contribution in [1.82, 2.24) is 20.8 Å². The van der Waals surface area contributed by atoms with E-state index in [4.69, 9.17) is 11.6 Å². The Morgan fingerprint density at radius 1 is 1.24 bits per heavy atom. The second-order valence-corrected chi connectivity index (χ2v) is 6.45. The maximum absolute atomic E-state index is 12.5. The minimum atomic E-state index is -0.375. The van der Waals surface area contributed by atoms with E-state index < -0.39 is 0 Å². The Hall–Kier alpha value is -2.38. The number of halogens is 1. The van der Waals surface area contributed by atoms with Gasteiger partial charge in [-0.2, -0.15) is 5.10 Å². The van der Waals surface area contributed by atoms with Crippen molar-refractivity contribution in [2.24, 2.45) is 0 Å². The summed E-state index contributed by atoms with van der Waals surface area (Å²) in [4.78, 5) is 25.0. The van der Waals surface area contributed by atoms with Crippen molar-refractivity contribution in [2.75, 3.05) is 18.4 Å². The zero-order valence-corrected chi connectivity index (χ0v) is 14.6. The number of aromatic nitrogens is 2. The molecule has 0 atom stereocenters. The van der Waals surface area contributed by atoms with Gasteiger partial charge in [-0.05, 0) is 44.5 Å². The predicted molar refractivity (Wildman–Crippen MR) is 96.1 cm³/mol. The van der Waals surface area contributed by atoms with Gasteiger partial charge in [-0.15, -0.1) is 0 Å². The SMILES string of the molecule is Cc1cccc(Cl)c1C(=O)Nc1cn[nH]c1C(=O)NC1CCNCC1. The summed E-state index contributed by atoms with van der Waals surface area (Å²) in [6.07, 6.45) is 3.17. The number of rotatable bonds is 4. The normalized spacial score (nSPS) is 15.0. The molecule has 0 aliphatic carbocycles. The largest absolute Gasteiger partial charge is 0.348 e. The fraction of sp³-hybridized carbons (Fsp3) is 0.353. The van der Waals surface area contributed by atoms with Gasteiger partial charge in [0.15, 0.2) is 0 Å². The van der Waals surface area contributed by atoms with E-state index >= 15 is 0 Å². The minimum absolute atomic E-state index is 0.117. The molecule has 0 saturated carbocycles. The number of hydrogen-bond acceptors (Lipinski definition) is 4. The van der Waals surface area contributed by atoms with Crippen LogP contribution in [0.25, 0.3) is 0 Å². The Bertz CT molecular complexity index is 763. The third kappa shape index (κ3) is 4.00. The zero-order chi connectivity index (χ0) is 17.8. The van der Waals surface area contributed by atoms with Gasteiger partial charge in [0.1, 0.15) is 5.69 Å². The van der Waals surface area contributed by atoms with Gasteiger partial charge in [0.25, 0.3) is 11.8 Å². The van der Waals surface area contributed by atoms with Crippen molar-refractivity contribution in [3.8, 4) is 0 Å². The first kappa shape index (κ1) is 17.4. The third-order valence-electron chi connectivity index (χ3n) is 4.24. The van der Waals surface area contributed by atoms with Gasteiger partial charge < -0.3 is 16.0 Å². The van der Waals surface area contributed by atoms with E-state index in [1.165, 1.54) is 6.20 Å². The third-order valence-corrected chi connectivity index (χ3v) is 4.55. The number of aryl methyl sites for hydroxylation is 1. The molecule has 2 amide bonds. The lowest BCUT2D eigenvalue weighted by Gasteiger charge is -2.23. The van der Waals surface area contributed by atoms with Gasteiger partial charge in [0, 0.05) is 6.04 Å². The molecule has 0 spiro atoms. The molecule has 1 aliphatic heterocycles. The van der Waals surface area contributed by atoms with Gasteiger partial charge >= 0.3 is 0 Å². The molecule has 132 valence electrons. The average Bonchev–Trinajstić information content (AvgIpc) is 3.04. The number of carbonyl (C=O) groups excluding carboxylic acids is 2. The molecule has 1 aliphatic rings. The summed E-state index contributed by atoms with van der Waals surface area (Å²) in [5.74, 6) is -0.656. The summed E-state index contributed by atoms with van der Waals surface area (Å²) in [5.41, 5.74) is 1.71. The minimum Gasteiger partial charge on any atom is -0.348 e. The number of carbonyl (C=O) groups is 2. The maximum Gasteiger partial charge on any atom is 0.271 e. The maximum atomic E-state index is 12.5. The number of amides is 2. The molecule has 7 nitrogen and oxygen atoms in total. The van der Waals surface area contributed by atoms with Crippen LogP contribution in [-0.2, 0) is 0 Å². The van der Waals surface area contributed by atoms with Crippen LogP contribution in [0.3, 0.4) is 0 Å². The predicted octanol–water partition coefficient (Wildman–Crippen LogP) is 2.11. The lowest BCUT2D eigenvalue weighted by atomic mass is 10.1. The molecule has 4 N–H and O–H groups in total. The molecule has 3 rings (SSSR count). The summed E-state index contributed by atoms with van der Waals surface area (Å²) in [5, 5.41) is 15.8. The number of nitrogens with one attached hydrogen (secondary N) is 4. The van der Waals surface area contributed by atoms with Crippen LogP contribution in [0.5, 0.6) is 0 Å². The van der Waals surface area contributed by atoms with Crippen molar-refractivity contribution in [3.63, 3.8) is 0 Å². The number of benzene rings is 1. The monoisotopic (exact) mass is 361 g/mol. The van der Waals surface area contributed by atoms with E-state index in [0.29, 0.717) is 16.3 Å². The van der Waals surface area contributed by atoms with E-state index in [1.807, 2.05) is 0 Å². The van der Waals surface area contributed by atoms with Gasteiger partial charge in [0.2, 0.25) is 0 Å². The standard InChI is InChI=1S/C17H20ClN5O2/c1-10-3-2-4-12(18)14(10)16(24)22-13-9-20-23-15(13)17(25)21-11-5-7-19-8-6-11/h2-4,9,11,19H,5-8H2,1H3,(H,20,23)(H,21,25)(H,22,24). The van der Waals surface area contributed by atoms with Gasteiger partial charge in [-0.1, -0.05) is 23.7 Å². The molecule has 1 aromatic carbocycles.